The Morgan fingerprint density at radius 2 is 1.06 bits per heavy atom. The second kappa shape index (κ2) is 29.5. The van der Waals surface area contributed by atoms with E-state index in [1.807, 2.05) is 83.1 Å². The first kappa shape index (κ1) is 78.4. The molecule has 2 N–H and O–H groups in total. The molecular formula is C77H90BClF4N12O12. The number of aromatic nitrogens is 6. The van der Waals surface area contributed by atoms with Crippen LogP contribution in [0.4, 0.5) is 49.9 Å². The molecule has 5 aliphatic rings. The van der Waals surface area contributed by atoms with Crippen molar-refractivity contribution in [1.29, 1.82) is 0 Å². The third kappa shape index (κ3) is 15.0. The summed E-state index contributed by atoms with van der Waals surface area (Å²) in [6, 6.07) is 12.5. The Balaban J connectivity index is 0.000000172. The van der Waals surface area contributed by atoms with Gasteiger partial charge in [-0.15, -0.1) is 0 Å². The maximum absolute atomic E-state index is 16.3. The maximum atomic E-state index is 16.3. The molecule has 0 saturated carbocycles. The normalized spacial score (nSPS) is 18.7. The molecule has 0 unspecified atom stereocenters. The van der Waals surface area contributed by atoms with Gasteiger partial charge in [0.05, 0.1) is 63.9 Å². The number of hydrogen-bond donors (Lipinski definition) is 2. The van der Waals surface area contributed by atoms with Gasteiger partial charge in [0.15, 0.2) is 29.1 Å². The third-order valence-electron chi connectivity index (χ3n) is 19.7. The summed E-state index contributed by atoms with van der Waals surface area (Å²) in [7, 11) is 0.710. The first-order valence-corrected chi connectivity index (χ1v) is 35.8. The molecule has 0 bridgehead atoms. The quantitative estimate of drug-likeness (QED) is 0.0589. The Morgan fingerprint density at radius 3 is 1.50 bits per heavy atom. The van der Waals surface area contributed by atoms with Gasteiger partial charge in [0.25, 0.3) is 11.1 Å². The van der Waals surface area contributed by atoms with Gasteiger partial charge in [-0.3, -0.25) is 38.3 Å². The van der Waals surface area contributed by atoms with Crippen LogP contribution >= 0.6 is 11.6 Å². The van der Waals surface area contributed by atoms with Crippen molar-refractivity contribution in [1.82, 2.24) is 38.9 Å². The Hall–Kier alpha value is -9.71. The molecule has 8 aromatic rings. The Bertz CT molecular complexity index is 4990. The van der Waals surface area contributed by atoms with Crippen molar-refractivity contribution < 1.29 is 65.0 Å². The summed E-state index contributed by atoms with van der Waals surface area (Å²) in [6.07, 6.45) is 2.22. The number of halogens is 5. The first-order valence-electron chi connectivity index (χ1n) is 35.4. The maximum Gasteiger partial charge on any atom is 0.501 e. The number of hydrogen-bond acceptors (Lipinski definition) is 18. The lowest BCUT2D eigenvalue weighted by molar-refractivity contribution is -0.119. The van der Waals surface area contributed by atoms with E-state index in [0.29, 0.717) is 50.7 Å². The van der Waals surface area contributed by atoms with Crippen LogP contribution in [0.25, 0.3) is 44.7 Å². The number of amides is 4. The van der Waals surface area contributed by atoms with E-state index in [1.54, 1.807) is 101 Å². The van der Waals surface area contributed by atoms with Crippen LogP contribution in [-0.2, 0) is 33.1 Å². The van der Waals surface area contributed by atoms with Crippen molar-refractivity contribution in [2.24, 2.45) is 0 Å². The summed E-state index contributed by atoms with van der Waals surface area (Å²) in [5, 5.41) is 5.71. The molecule has 13 rings (SSSR count). The molecule has 11 heterocycles. The molecule has 2 aromatic carbocycles. The molecule has 24 nitrogen and oxygen atoms in total. The van der Waals surface area contributed by atoms with Crippen LogP contribution in [0.15, 0.2) is 82.6 Å². The summed E-state index contributed by atoms with van der Waals surface area (Å²) in [5.74, 6) is -3.36. The largest absolute Gasteiger partial charge is 0.501 e. The number of nitrogens with one attached hydrogen (secondary N) is 2. The van der Waals surface area contributed by atoms with Gasteiger partial charge in [0.1, 0.15) is 63.6 Å². The highest BCUT2D eigenvalue weighted by Crippen LogP contribution is 2.45. The molecule has 6 aromatic heterocycles. The number of benzene rings is 2. The van der Waals surface area contributed by atoms with Crippen molar-refractivity contribution in [3.8, 4) is 28.4 Å². The van der Waals surface area contributed by atoms with Gasteiger partial charge >= 0.3 is 19.3 Å². The zero-order valence-corrected chi connectivity index (χ0v) is 64.5. The highest BCUT2D eigenvalue weighted by atomic mass is 35.5. The van der Waals surface area contributed by atoms with Gasteiger partial charge in [-0.25, -0.2) is 37.1 Å². The number of methoxy groups -OCH3 is 1. The number of fused-ring (bicyclic) bond motifs is 10. The van der Waals surface area contributed by atoms with Crippen LogP contribution in [0.2, 0.25) is 5.15 Å². The zero-order valence-electron chi connectivity index (χ0n) is 63.8. The van der Waals surface area contributed by atoms with Gasteiger partial charge in [-0.05, 0) is 175 Å². The standard InChI is InChI=1S/C35H38F2N6O4.C28H32ClFN6O4.C14H20BFO4/c1-17(2)26-29(19(4)12-13-38-26)43-31-21(14-23(37)27(39-31)25-18(3)10-9-11-22(25)36)30-28(33(43)45)40-32(44)24-16-41(20(5)15-42(24)30)34(46)47-35(6,7)8;1-13(2)19-21(14(3)8-9-31-19)36-24-16(10-17(30)23(29)33-24)22-20(26(36)38)32-25(37)18-12-34(15(4)11-35(18)22)27(39)40-28(5,6)7;1-13(2)14(3,4)20-15(19-13)12-10(16)7-6-8-11(12)18-9-17-5/h9-14,17,20,24H,15-16H2,1-8H3,(H,40,44);8-10,13,15,18H,11-12H2,1-7H3,(H,32,37);6-8H,9H2,1-5H3/t20-,24-;15-,18-;/m11./s1. The van der Waals surface area contributed by atoms with E-state index >= 15 is 8.78 Å². The fourth-order valence-corrected chi connectivity index (χ4v) is 14.0. The molecule has 4 amide bonds. The van der Waals surface area contributed by atoms with Crippen LogP contribution in [0.1, 0.15) is 151 Å². The monoisotopic (exact) mass is 1500 g/mol. The number of ether oxygens (including phenoxy) is 4. The molecule has 0 aliphatic carbocycles. The van der Waals surface area contributed by atoms with E-state index in [-0.39, 0.29) is 106 Å². The number of rotatable bonds is 9. The van der Waals surface area contributed by atoms with Gasteiger partial charge in [-0.1, -0.05) is 57.5 Å². The van der Waals surface area contributed by atoms with E-state index in [9.17, 15) is 37.5 Å². The van der Waals surface area contributed by atoms with Crippen LogP contribution in [-0.4, -0.2) is 157 Å². The second-order valence-electron chi connectivity index (χ2n) is 31.1. The summed E-state index contributed by atoms with van der Waals surface area (Å²) in [6.45, 7) is 35.5. The average molecular weight is 1500 g/mol. The van der Waals surface area contributed by atoms with Crippen LogP contribution in [0, 0.1) is 44.0 Å². The van der Waals surface area contributed by atoms with E-state index < -0.39 is 106 Å². The van der Waals surface area contributed by atoms with E-state index in [0.717, 1.165) is 5.56 Å². The van der Waals surface area contributed by atoms with Crippen molar-refractivity contribution in [3.05, 3.63) is 150 Å². The number of anilines is 4. The number of nitrogens with zero attached hydrogens (tertiary/aromatic N) is 10. The predicted molar refractivity (Wildman–Crippen MR) is 402 cm³/mol. The van der Waals surface area contributed by atoms with Gasteiger partial charge < -0.3 is 58.5 Å². The van der Waals surface area contributed by atoms with E-state index in [1.165, 1.54) is 56.4 Å². The van der Waals surface area contributed by atoms with Crippen LogP contribution in [0.3, 0.4) is 0 Å². The molecule has 4 atom stereocenters. The number of aryl methyl sites for hydroxylation is 3. The highest BCUT2D eigenvalue weighted by Gasteiger charge is 2.54. The predicted octanol–water partition coefficient (Wildman–Crippen LogP) is 13.1. The second-order valence-corrected chi connectivity index (χ2v) is 31.4. The molecule has 5 aliphatic heterocycles. The lowest BCUT2D eigenvalue weighted by atomic mass is 9.78. The lowest BCUT2D eigenvalue weighted by Gasteiger charge is -2.48. The summed E-state index contributed by atoms with van der Waals surface area (Å²) >= 11 is 6.16. The topological polar surface area (TPSA) is 256 Å². The Kier molecular flexibility index (Phi) is 21.6. The number of piperazine rings is 2. The van der Waals surface area contributed by atoms with E-state index in [2.05, 4.69) is 25.6 Å². The minimum absolute atomic E-state index is 0.00755. The van der Waals surface area contributed by atoms with Crippen molar-refractivity contribution >= 4 is 93.0 Å². The fourth-order valence-electron chi connectivity index (χ4n) is 13.8. The smallest absolute Gasteiger partial charge is 0.468 e. The fraction of sp³-hybridized carbons (Fsp3) is 0.455. The molecule has 30 heteroatoms. The lowest BCUT2D eigenvalue weighted by Crippen LogP contribution is -2.65. The van der Waals surface area contributed by atoms with Crippen molar-refractivity contribution in [2.45, 2.75) is 190 Å². The Morgan fingerprint density at radius 1 is 0.617 bits per heavy atom. The summed E-state index contributed by atoms with van der Waals surface area (Å²) < 4.78 is 96.5. The molecule has 568 valence electrons. The molecule has 0 spiro atoms. The van der Waals surface area contributed by atoms with Crippen LogP contribution < -0.4 is 41.8 Å². The number of carbonyl (C=O) groups excluding carboxylic acids is 4. The first-order chi connectivity index (χ1) is 50.1. The van der Waals surface area contributed by atoms with Crippen molar-refractivity contribution in [3.63, 3.8) is 0 Å². The molecular weight excluding hydrogens is 1410 g/mol. The van der Waals surface area contributed by atoms with Gasteiger partial charge in [-0.2, -0.15) is 0 Å². The minimum atomic E-state index is -0.896. The van der Waals surface area contributed by atoms with Crippen LogP contribution in [0.5, 0.6) is 5.75 Å². The molecule has 0 radical (unpaired) electrons. The third-order valence-corrected chi connectivity index (χ3v) is 19.9. The highest BCUT2D eigenvalue weighted by molar-refractivity contribution is 6.63. The zero-order chi connectivity index (χ0) is 78.3. The number of pyridine rings is 6. The average Bonchev–Trinajstić information content (AvgIpc) is 1.30. The van der Waals surface area contributed by atoms with E-state index in [4.69, 9.17) is 44.8 Å². The molecule has 3 fully saturated rings. The van der Waals surface area contributed by atoms with Gasteiger partial charge in [0, 0.05) is 61.0 Å². The van der Waals surface area contributed by atoms with Gasteiger partial charge in [0.2, 0.25) is 11.8 Å². The summed E-state index contributed by atoms with van der Waals surface area (Å²) in [4.78, 5) is 107. The SMILES string of the molecule is COCOc1cccc(F)c1B1OC(C)(C)C(C)(C)O1.Cc1cccc(F)c1-c1nc2c(cc1F)c1c(c(=O)n2-c2c(C)ccnc2C(C)C)NC(=O)[C@H]2CN(C(=O)OC(C)(C)C)[C@H](C)CN12.Cc1ccnc(C(C)C)c1-n1c(=O)c2c(c3cc(F)c(Cl)nc31)N1C[C@@H](C)N(C(=O)OC(C)(C)C)C[C@@H]1C(=O)N2. The molecule has 3 saturated heterocycles. The summed E-state index contributed by atoms with van der Waals surface area (Å²) in [5.41, 5.74) is 1.35. The molecule has 107 heavy (non-hydrogen) atoms. The Labute approximate surface area is 623 Å². The minimum Gasteiger partial charge on any atom is -0.468 e. The number of carbonyl (C=O) groups is 4. The van der Waals surface area contributed by atoms with Crippen molar-refractivity contribution in [2.75, 3.05) is 60.5 Å².